The standard InChI is InChI=1S/C13H16BrFN2O4/c1-20-4-2-3-17-12(18)7-21-13(19)8-5-11(16)10(15)6-9(8)14/h5-6H,2-4,7,16H2,1H3,(H,17,18). The quantitative estimate of drug-likeness (QED) is 0.435. The molecular formula is C13H16BrFN2O4. The third-order valence-corrected chi connectivity index (χ3v) is 3.14. The van der Waals surface area contributed by atoms with Crippen LogP contribution in [0.15, 0.2) is 16.6 Å². The normalized spacial score (nSPS) is 10.2. The van der Waals surface area contributed by atoms with Crippen LogP contribution < -0.4 is 11.1 Å². The number of nitrogens with two attached hydrogens (primary N) is 1. The molecule has 1 amide bonds. The first kappa shape index (κ1) is 17.4. The minimum Gasteiger partial charge on any atom is -0.452 e. The Morgan fingerprint density at radius 3 is 2.81 bits per heavy atom. The first-order valence-electron chi connectivity index (χ1n) is 6.13. The van der Waals surface area contributed by atoms with E-state index in [4.69, 9.17) is 15.2 Å². The molecule has 0 aromatic heterocycles. The van der Waals surface area contributed by atoms with Crippen molar-refractivity contribution in [2.24, 2.45) is 0 Å². The average molecular weight is 363 g/mol. The minimum absolute atomic E-state index is 0.0566. The molecule has 3 N–H and O–H groups in total. The zero-order valence-corrected chi connectivity index (χ0v) is 13.0. The van der Waals surface area contributed by atoms with Gasteiger partial charge < -0.3 is 20.5 Å². The molecule has 0 spiro atoms. The van der Waals surface area contributed by atoms with E-state index < -0.39 is 24.3 Å². The lowest BCUT2D eigenvalue weighted by Gasteiger charge is -2.08. The van der Waals surface area contributed by atoms with Crippen LogP contribution in [-0.2, 0) is 14.3 Å². The maximum absolute atomic E-state index is 13.2. The number of ether oxygens (including phenoxy) is 2. The predicted molar refractivity (Wildman–Crippen MR) is 78.3 cm³/mol. The molecule has 1 aromatic carbocycles. The largest absolute Gasteiger partial charge is 0.452 e. The van der Waals surface area contributed by atoms with Gasteiger partial charge in [0, 0.05) is 24.7 Å². The van der Waals surface area contributed by atoms with Crippen LogP contribution in [0.3, 0.4) is 0 Å². The van der Waals surface area contributed by atoms with Crippen molar-refractivity contribution in [1.29, 1.82) is 0 Å². The number of rotatable bonds is 7. The summed E-state index contributed by atoms with van der Waals surface area (Å²) in [5.74, 6) is -1.83. The van der Waals surface area contributed by atoms with Crippen LogP contribution in [0.2, 0.25) is 0 Å². The summed E-state index contributed by atoms with van der Waals surface area (Å²) in [6.07, 6.45) is 0.663. The third kappa shape index (κ3) is 5.68. The summed E-state index contributed by atoms with van der Waals surface area (Å²) >= 11 is 3.04. The van der Waals surface area contributed by atoms with Crippen LogP contribution in [0.1, 0.15) is 16.8 Å². The molecular weight excluding hydrogens is 347 g/mol. The Kier molecular flexibility index (Phi) is 7.10. The van der Waals surface area contributed by atoms with Gasteiger partial charge in [-0.3, -0.25) is 4.79 Å². The number of carbonyl (C=O) groups is 2. The van der Waals surface area contributed by atoms with Crippen LogP contribution in [0.4, 0.5) is 10.1 Å². The average Bonchev–Trinajstić information content (AvgIpc) is 2.45. The van der Waals surface area contributed by atoms with Gasteiger partial charge in [-0.15, -0.1) is 0 Å². The first-order valence-corrected chi connectivity index (χ1v) is 6.92. The fourth-order valence-electron chi connectivity index (χ4n) is 1.43. The number of carbonyl (C=O) groups excluding carboxylic acids is 2. The van der Waals surface area contributed by atoms with E-state index in [9.17, 15) is 14.0 Å². The maximum Gasteiger partial charge on any atom is 0.339 e. The summed E-state index contributed by atoms with van der Waals surface area (Å²) in [6, 6.07) is 2.22. The molecule has 1 rings (SSSR count). The highest BCUT2D eigenvalue weighted by molar-refractivity contribution is 9.10. The van der Waals surface area contributed by atoms with E-state index in [1.165, 1.54) is 0 Å². The van der Waals surface area contributed by atoms with Crippen molar-refractivity contribution in [1.82, 2.24) is 5.32 Å². The van der Waals surface area contributed by atoms with Gasteiger partial charge in [0.15, 0.2) is 6.61 Å². The second-order valence-corrected chi connectivity index (χ2v) is 4.98. The predicted octanol–water partition coefficient (Wildman–Crippen LogP) is 1.48. The molecule has 1 aromatic rings. The number of anilines is 1. The van der Waals surface area contributed by atoms with Crippen molar-refractivity contribution in [3.05, 3.63) is 28.0 Å². The van der Waals surface area contributed by atoms with Gasteiger partial charge in [0.2, 0.25) is 0 Å². The van der Waals surface area contributed by atoms with E-state index in [0.29, 0.717) is 19.6 Å². The van der Waals surface area contributed by atoms with E-state index in [1.54, 1.807) is 7.11 Å². The topological polar surface area (TPSA) is 90.6 Å². The first-order chi connectivity index (χ1) is 9.95. The Morgan fingerprint density at radius 1 is 1.43 bits per heavy atom. The second kappa shape index (κ2) is 8.58. The number of nitrogen functional groups attached to an aromatic ring is 1. The number of benzene rings is 1. The number of halogens is 2. The summed E-state index contributed by atoms with van der Waals surface area (Å²) in [5, 5.41) is 2.57. The number of esters is 1. The number of hydrogen-bond donors (Lipinski definition) is 2. The van der Waals surface area contributed by atoms with Crippen molar-refractivity contribution in [3.8, 4) is 0 Å². The monoisotopic (exact) mass is 362 g/mol. The number of methoxy groups -OCH3 is 1. The summed E-state index contributed by atoms with van der Waals surface area (Å²) in [7, 11) is 1.57. The summed E-state index contributed by atoms with van der Waals surface area (Å²) in [5.41, 5.74) is 5.27. The van der Waals surface area contributed by atoms with Crippen LogP contribution >= 0.6 is 15.9 Å². The van der Waals surface area contributed by atoms with Crippen molar-refractivity contribution in [2.75, 3.05) is 32.6 Å². The van der Waals surface area contributed by atoms with Gasteiger partial charge in [0.25, 0.3) is 5.91 Å². The number of nitrogens with one attached hydrogen (secondary N) is 1. The van der Waals surface area contributed by atoms with Crippen LogP contribution in [0, 0.1) is 5.82 Å². The summed E-state index contributed by atoms with van der Waals surface area (Å²) < 4.78 is 23.0. The fraction of sp³-hybridized carbons (Fsp3) is 0.385. The Morgan fingerprint density at radius 2 is 2.14 bits per heavy atom. The van der Waals surface area contributed by atoms with Gasteiger partial charge in [-0.05, 0) is 34.5 Å². The molecule has 116 valence electrons. The van der Waals surface area contributed by atoms with Crippen molar-refractivity contribution >= 4 is 33.5 Å². The van der Waals surface area contributed by atoms with Crippen LogP contribution in [-0.4, -0.2) is 38.7 Å². The zero-order chi connectivity index (χ0) is 15.8. The van der Waals surface area contributed by atoms with Gasteiger partial charge in [0.05, 0.1) is 11.3 Å². The van der Waals surface area contributed by atoms with E-state index >= 15 is 0 Å². The molecule has 6 nitrogen and oxygen atoms in total. The second-order valence-electron chi connectivity index (χ2n) is 4.13. The molecule has 8 heteroatoms. The molecule has 0 atom stereocenters. The molecule has 0 aliphatic carbocycles. The Balaban J connectivity index is 2.47. The Labute approximate surface area is 129 Å². The Hall–Kier alpha value is -1.67. The maximum atomic E-state index is 13.2. The smallest absolute Gasteiger partial charge is 0.339 e. The van der Waals surface area contributed by atoms with Crippen molar-refractivity contribution < 1.29 is 23.5 Å². The lowest BCUT2D eigenvalue weighted by molar-refractivity contribution is -0.124. The molecule has 0 saturated carbocycles. The van der Waals surface area contributed by atoms with Gasteiger partial charge in [-0.2, -0.15) is 0 Å². The van der Waals surface area contributed by atoms with Gasteiger partial charge >= 0.3 is 5.97 Å². The summed E-state index contributed by atoms with van der Waals surface area (Å²) in [6.45, 7) is 0.537. The highest BCUT2D eigenvalue weighted by Gasteiger charge is 2.16. The fourth-order valence-corrected chi connectivity index (χ4v) is 1.90. The van der Waals surface area contributed by atoms with Crippen LogP contribution in [0.5, 0.6) is 0 Å². The number of hydrogen-bond acceptors (Lipinski definition) is 5. The van der Waals surface area contributed by atoms with E-state index in [1.807, 2.05) is 0 Å². The van der Waals surface area contributed by atoms with E-state index in [0.717, 1.165) is 12.1 Å². The molecule has 0 saturated heterocycles. The molecule has 0 aliphatic rings. The highest BCUT2D eigenvalue weighted by Crippen LogP contribution is 2.23. The third-order valence-electron chi connectivity index (χ3n) is 2.49. The molecule has 0 fully saturated rings. The zero-order valence-electron chi connectivity index (χ0n) is 11.4. The van der Waals surface area contributed by atoms with Gasteiger partial charge in [-0.25, -0.2) is 9.18 Å². The van der Waals surface area contributed by atoms with Crippen LogP contribution in [0.25, 0.3) is 0 Å². The lowest BCUT2D eigenvalue weighted by atomic mass is 10.2. The van der Waals surface area contributed by atoms with E-state index in [2.05, 4.69) is 21.2 Å². The van der Waals surface area contributed by atoms with Crippen molar-refractivity contribution in [3.63, 3.8) is 0 Å². The molecule has 0 aliphatic heterocycles. The SMILES string of the molecule is COCCCNC(=O)COC(=O)c1cc(N)c(F)cc1Br. The molecule has 0 heterocycles. The lowest BCUT2D eigenvalue weighted by Crippen LogP contribution is -2.30. The van der Waals surface area contributed by atoms with Gasteiger partial charge in [-0.1, -0.05) is 0 Å². The molecule has 0 bridgehead atoms. The van der Waals surface area contributed by atoms with Crippen molar-refractivity contribution in [2.45, 2.75) is 6.42 Å². The van der Waals surface area contributed by atoms with Gasteiger partial charge in [0.1, 0.15) is 5.82 Å². The number of amides is 1. The Bertz CT molecular complexity index is 525. The minimum atomic E-state index is -0.763. The highest BCUT2D eigenvalue weighted by atomic mass is 79.9. The summed E-state index contributed by atoms with van der Waals surface area (Å²) in [4.78, 5) is 23.2. The molecule has 21 heavy (non-hydrogen) atoms. The van der Waals surface area contributed by atoms with E-state index in [-0.39, 0.29) is 15.7 Å². The molecule has 0 radical (unpaired) electrons. The molecule has 0 unspecified atom stereocenters.